The Labute approximate surface area is 150 Å². The van der Waals surface area contributed by atoms with Gasteiger partial charge in [0.15, 0.2) is 11.0 Å². The van der Waals surface area contributed by atoms with Crippen molar-refractivity contribution in [1.29, 1.82) is 0 Å². The van der Waals surface area contributed by atoms with Crippen LogP contribution in [0.25, 0.3) is 0 Å². The fourth-order valence-corrected chi connectivity index (χ4v) is 2.67. The molecule has 0 aromatic heterocycles. The van der Waals surface area contributed by atoms with Gasteiger partial charge in [-0.25, -0.2) is 0 Å². The first-order valence-corrected chi connectivity index (χ1v) is 7.93. The molecule has 1 N–H and O–H groups in total. The van der Waals surface area contributed by atoms with E-state index in [0.29, 0.717) is 17.1 Å². The van der Waals surface area contributed by atoms with E-state index < -0.39 is 17.7 Å². The summed E-state index contributed by atoms with van der Waals surface area (Å²) in [6, 6.07) is 15.9. The number of aliphatic imine (C=N–C) groups is 1. The Morgan fingerprint density at radius 2 is 1.80 bits per heavy atom. The first-order valence-electron chi connectivity index (χ1n) is 7.52. The van der Waals surface area contributed by atoms with E-state index in [1.54, 1.807) is 55.6 Å². The summed E-state index contributed by atoms with van der Waals surface area (Å²) < 4.78 is 5.08. The third-order valence-corrected chi connectivity index (χ3v) is 3.95. The zero-order valence-electron chi connectivity index (χ0n) is 13.4. The topological polar surface area (TPSA) is 71.0 Å². The van der Waals surface area contributed by atoms with Crippen LogP contribution in [0.4, 0.5) is 11.4 Å². The summed E-state index contributed by atoms with van der Waals surface area (Å²) in [7, 11) is 1.57. The molecule has 0 spiro atoms. The lowest BCUT2D eigenvalue weighted by Crippen LogP contribution is -2.58. The maximum atomic E-state index is 12.7. The Kier molecular flexibility index (Phi) is 4.85. The molecule has 25 heavy (non-hydrogen) atoms. The minimum absolute atomic E-state index is 0.0651. The van der Waals surface area contributed by atoms with Gasteiger partial charge in [0.05, 0.1) is 18.5 Å². The van der Waals surface area contributed by atoms with Crippen molar-refractivity contribution >= 4 is 46.7 Å². The van der Waals surface area contributed by atoms with Crippen molar-refractivity contribution < 1.29 is 14.3 Å². The van der Waals surface area contributed by atoms with Crippen molar-refractivity contribution in [3.05, 3.63) is 54.6 Å². The van der Waals surface area contributed by atoms with E-state index in [0.717, 1.165) is 0 Å². The second-order valence-electron chi connectivity index (χ2n) is 5.26. The zero-order chi connectivity index (χ0) is 17.8. The third-order valence-electron chi connectivity index (χ3n) is 3.66. The molecular formula is C18H15N3O3S. The van der Waals surface area contributed by atoms with E-state index >= 15 is 0 Å². The SMILES string of the molecule is COc1ccc(N=C[C@H]2C(=O)NC(=S)N(c3ccccc3)C2=O)cc1. The van der Waals surface area contributed by atoms with Crippen LogP contribution in [0.5, 0.6) is 5.75 Å². The van der Waals surface area contributed by atoms with Gasteiger partial charge in [-0.05, 0) is 48.6 Å². The number of anilines is 1. The molecule has 2 aromatic rings. The highest BCUT2D eigenvalue weighted by Crippen LogP contribution is 2.21. The molecule has 1 aliphatic heterocycles. The van der Waals surface area contributed by atoms with E-state index in [1.807, 2.05) is 6.07 Å². The maximum Gasteiger partial charge on any atom is 0.251 e. The van der Waals surface area contributed by atoms with Crippen LogP contribution >= 0.6 is 12.2 Å². The second kappa shape index (κ2) is 7.23. The Hall–Kier alpha value is -3.06. The van der Waals surface area contributed by atoms with Gasteiger partial charge in [-0.1, -0.05) is 18.2 Å². The predicted molar refractivity (Wildman–Crippen MR) is 99.3 cm³/mol. The number of methoxy groups -OCH3 is 1. The monoisotopic (exact) mass is 353 g/mol. The van der Waals surface area contributed by atoms with Crippen LogP contribution in [0.2, 0.25) is 0 Å². The number of thiocarbonyl (C=S) groups is 1. The standard InChI is InChI=1S/C18H15N3O3S/c1-24-14-9-7-12(8-10-14)19-11-15-16(22)20-18(25)21(17(15)23)13-5-3-2-4-6-13/h2-11,15H,1H3,(H,20,22,25)/t15-/m0/s1. The summed E-state index contributed by atoms with van der Waals surface area (Å²) in [6.45, 7) is 0. The molecule has 2 aromatic carbocycles. The number of benzene rings is 2. The number of nitrogens with one attached hydrogen (secondary N) is 1. The molecule has 7 heteroatoms. The largest absolute Gasteiger partial charge is 0.497 e. The van der Waals surface area contributed by atoms with Crippen LogP contribution in [0.3, 0.4) is 0 Å². The molecule has 1 saturated heterocycles. The first kappa shape index (κ1) is 16.8. The van der Waals surface area contributed by atoms with Crippen LogP contribution < -0.4 is 15.0 Å². The zero-order valence-corrected chi connectivity index (χ0v) is 14.2. The van der Waals surface area contributed by atoms with Crippen molar-refractivity contribution in [2.75, 3.05) is 12.0 Å². The number of rotatable bonds is 4. The van der Waals surface area contributed by atoms with Gasteiger partial charge in [0, 0.05) is 6.21 Å². The van der Waals surface area contributed by atoms with Gasteiger partial charge in [-0.3, -0.25) is 19.5 Å². The van der Waals surface area contributed by atoms with Gasteiger partial charge in [-0.2, -0.15) is 0 Å². The van der Waals surface area contributed by atoms with E-state index in [9.17, 15) is 9.59 Å². The van der Waals surface area contributed by atoms with E-state index in [1.165, 1.54) is 11.1 Å². The highest BCUT2D eigenvalue weighted by atomic mass is 32.1. The number of hydrogen-bond acceptors (Lipinski definition) is 5. The molecule has 0 aliphatic carbocycles. The summed E-state index contributed by atoms with van der Waals surface area (Å²) in [4.78, 5) is 30.4. The average molecular weight is 353 g/mol. The molecule has 0 bridgehead atoms. The lowest BCUT2D eigenvalue weighted by Gasteiger charge is -2.30. The van der Waals surface area contributed by atoms with Crippen LogP contribution in [0.1, 0.15) is 0 Å². The van der Waals surface area contributed by atoms with Crippen molar-refractivity contribution in [3.63, 3.8) is 0 Å². The minimum atomic E-state index is -1.05. The van der Waals surface area contributed by atoms with Crippen molar-refractivity contribution in [1.82, 2.24) is 5.32 Å². The van der Waals surface area contributed by atoms with Crippen molar-refractivity contribution in [2.24, 2.45) is 10.9 Å². The van der Waals surface area contributed by atoms with Crippen LogP contribution in [-0.2, 0) is 9.59 Å². The number of carbonyl (C=O) groups is 2. The average Bonchev–Trinajstić information content (AvgIpc) is 2.62. The number of hydrogen-bond donors (Lipinski definition) is 1. The van der Waals surface area contributed by atoms with Gasteiger partial charge in [0.2, 0.25) is 5.91 Å². The first-order chi connectivity index (χ1) is 12.1. The molecule has 1 atom stereocenters. The van der Waals surface area contributed by atoms with E-state index in [4.69, 9.17) is 17.0 Å². The van der Waals surface area contributed by atoms with Crippen LogP contribution in [0.15, 0.2) is 59.6 Å². The van der Waals surface area contributed by atoms with Gasteiger partial charge < -0.3 is 10.1 Å². The second-order valence-corrected chi connectivity index (χ2v) is 5.64. The molecule has 0 radical (unpaired) electrons. The molecule has 0 saturated carbocycles. The molecule has 2 amide bonds. The predicted octanol–water partition coefficient (Wildman–Crippen LogP) is 2.46. The molecular weight excluding hydrogens is 338 g/mol. The Balaban J connectivity index is 1.84. The molecule has 3 rings (SSSR count). The highest BCUT2D eigenvalue weighted by molar-refractivity contribution is 7.80. The smallest absolute Gasteiger partial charge is 0.251 e. The van der Waals surface area contributed by atoms with E-state index in [-0.39, 0.29) is 5.11 Å². The van der Waals surface area contributed by atoms with Crippen LogP contribution in [0, 0.1) is 5.92 Å². The highest BCUT2D eigenvalue weighted by Gasteiger charge is 2.38. The Morgan fingerprint density at radius 3 is 2.44 bits per heavy atom. The van der Waals surface area contributed by atoms with Crippen molar-refractivity contribution in [3.8, 4) is 5.75 Å². The summed E-state index contributed by atoms with van der Waals surface area (Å²) in [5, 5.41) is 2.61. The van der Waals surface area contributed by atoms with Crippen molar-refractivity contribution in [2.45, 2.75) is 0 Å². The maximum absolute atomic E-state index is 12.7. The lowest BCUT2D eigenvalue weighted by molar-refractivity contribution is -0.130. The fraction of sp³-hybridized carbons (Fsp3) is 0.111. The summed E-state index contributed by atoms with van der Waals surface area (Å²) in [6.07, 6.45) is 1.33. The molecule has 0 unspecified atom stereocenters. The van der Waals surface area contributed by atoms with E-state index in [2.05, 4.69) is 10.3 Å². The van der Waals surface area contributed by atoms with Gasteiger partial charge in [-0.15, -0.1) is 0 Å². The summed E-state index contributed by atoms with van der Waals surface area (Å²) in [5.41, 5.74) is 1.21. The minimum Gasteiger partial charge on any atom is -0.497 e. The number of amides is 2. The fourth-order valence-electron chi connectivity index (χ4n) is 2.37. The number of nitrogens with zero attached hydrogens (tertiary/aromatic N) is 2. The third kappa shape index (κ3) is 3.56. The molecule has 1 fully saturated rings. The Morgan fingerprint density at radius 1 is 1.12 bits per heavy atom. The lowest BCUT2D eigenvalue weighted by atomic mass is 10.1. The summed E-state index contributed by atoms with van der Waals surface area (Å²) in [5.74, 6) is -1.27. The molecule has 1 aliphatic rings. The normalized spacial score (nSPS) is 17.7. The van der Waals surface area contributed by atoms with Crippen LogP contribution in [-0.4, -0.2) is 30.3 Å². The molecule has 126 valence electrons. The Bertz CT molecular complexity index is 834. The number of carbonyl (C=O) groups excluding carboxylic acids is 2. The number of para-hydroxylation sites is 1. The van der Waals surface area contributed by atoms with Gasteiger partial charge in [0.25, 0.3) is 5.91 Å². The molecule has 6 nitrogen and oxygen atoms in total. The van der Waals surface area contributed by atoms with Gasteiger partial charge >= 0.3 is 0 Å². The summed E-state index contributed by atoms with van der Waals surface area (Å²) >= 11 is 5.14. The quantitative estimate of drug-likeness (QED) is 0.521. The number of ether oxygens (including phenoxy) is 1. The molecule has 1 heterocycles. The van der Waals surface area contributed by atoms with Gasteiger partial charge in [0.1, 0.15) is 5.75 Å².